The Balaban J connectivity index is 2.35. The Morgan fingerprint density at radius 3 is 2.11 bits per heavy atom. The molecule has 27 heavy (non-hydrogen) atoms. The van der Waals surface area contributed by atoms with Gasteiger partial charge in [-0.3, -0.25) is 4.28 Å². The summed E-state index contributed by atoms with van der Waals surface area (Å²) in [6.07, 6.45) is 0. The number of methoxy groups -OCH3 is 1. The van der Waals surface area contributed by atoms with Gasteiger partial charge in [-0.15, -0.1) is 0 Å². The average molecular weight is 411 g/mol. The highest BCUT2D eigenvalue weighted by atomic mass is 32.2. The monoisotopic (exact) mass is 411 g/mol. The molecule has 0 aliphatic heterocycles. The molecule has 0 heterocycles. The standard InChI is InChI=1S/C17H17NO7S2/c1-13-8-10-15(11-9-13)27(22,23)16(17(19)24-2)18-25-26(20,21)12-14-6-4-3-5-7-14/h3-11H,12H2,1-2H3/b18-16-. The second-order valence-electron chi connectivity index (χ2n) is 5.47. The van der Waals surface area contributed by atoms with Crippen LogP contribution in [0.2, 0.25) is 0 Å². The molecule has 0 amide bonds. The van der Waals surface area contributed by atoms with E-state index in [1.54, 1.807) is 37.3 Å². The van der Waals surface area contributed by atoms with Crippen LogP contribution < -0.4 is 0 Å². The number of esters is 1. The van der Waals surface area contributed by atoms with Gasteiger partial charge in [0.15, 0.2) is 0 Å². The lowest BCUT2D eigenvalue weighted by atomic mass is 10.2. The van der Waals surface area contributed by atoms with E-state index in [2.05, 4.69) is 14.2 Å². The molecule has 0 saturated heterocycles. The first-order valence-corrected chi connectivity index (χ1v) is 10.6. The molecule has 8 nitrogen and oxygen atoms in total. The predicted molar refractivity (Wildman–Crippen MR) is 98.0 cm³/mol. The molecule has 0 aliphatic carbocycles. The van der Waals surface area contributed by atoms with Gasteiger partial charge < -0.3 is 4.74 Å². The van der Waals surface area contributed by atoms with E-state index in [1.165, 1.54) is 24.3 Å². The Morgan fingerprint density at radius 1 is 0.963 bits per heavy atom. The van der Waals surface area contributed by atoms with E-state index >= 15 is 0 Å². The Bertz CT molecular complexity index is 1040. The highest BCUT2D eigenvalue weighted by molar-refractivity contribution is 8.08. The summed E-state index contributed by atoms with van der Waals surface area (Å²) in [7, 11) is -7.77. The maximum absolute atomic E-state index is 12.6. The van der Waals surface area contributed by atoms with Crippen molar-refractivity contribution in [1.82, 2.24) is 0 Å². The van der Waals surface area contributed by atoms with Gasteiger partial charge in [-0.1, -0.05) is 48.0 Å². The number of carbonyl (C=O) groups excluding carboxylic acids is 1. The number of carbonyl (C=O) groups is 1. The van der Waals surface area contributed by atoms with E-state index in [1.807, 2.05) is 0 Å². The fourth-order valence-corrected chi connectivity index (χ4v) is 4.05. The zero-order valence-corrected chi connectivity index (χ0v) is 16.2. The van der Waals surface area contributed by atoms with Gasteiger partial charge in [0, 0.05) is 0 Å². The van der Waals surface area contributed by atoms with Crippen LogP contribution in [0.5, 0.6) is 0 Å². The van der Waals surface area contributed by atoms with Crippen molar-refractivity contribution in [3.05, 3.63) is 65.7 Å². The fourth-order valence-electron chi connectivity index (χ4n) is 2.01. The van der Waals surface area contributed by atoms with Crippen molar-refractivity contribution in [1.29, 1.82) is 0 Å². The first kappa shape index (κ1) is 20.6. The summed E-state index contributed by atoms with van der Waals surface area (Å²) < 4.78 is 58.2. The van der Waals surface area contributed by atoms with Crippen molar-refractivity contribution in [3.8, 4) is 0 Å². The predicted octanol–water partition coefficient (Wildman–Crippen LogP) is 1.80. The summed E-state index contributed by atoms with van der Waals surface area (Å²) in [5.41, 5.74) is 1.21. The van der Waals surface area contributed by atoms with E-state index in [0.29, 0.717) is 5.56 Å². The Hall–Kier alpha value is -2.72. The van der Waals surface area contributed by atoms with Crippen molar-refractivity contribution in [2.75, 3.05) is 7.11 Å². The lowest BCUT2D eigenvalue weighted by molar-refractivity contribution is -0.132. The number of ether oxygens (including phenoxy) is 1. The van der Waals surface area contributed by atoms with E-state index < -0.39 is 36.7 Å². The van der Waals surface area contributed by atoms with Gasteiger partial charge in [-0.2, -0.15) is 8.42 Å². The summed E-state index contributed by atoms with van der Waals surface area (Å²) >= 11 is 0. The molecule has 0 spiro atoms. The van der Waals surface area contributed by atoms with E-state index in [9.17, 15) is 21.6 Å². The van der Waals surface area contributed by atoms with Gasteiger partial charge in [0.2, 0.25) is 9.84 Å². The van der Waals surface area contributed by atoms with Gasteiger partial charge in [-0.05, 0) is 29.8 Å². The van der Waals surface area contributed by atoms with Gasteiger partial charge in [0.1, 0.15) is 5.75 Å². The zero-order valence-electron chi connectivity index (χ0n) is 14.5. The topological polar surface area (TPSA) is 116 Å². The molecule has 0 atom stereocenters. The summed E-state index contributed by atoms with van der Waals surface area (Å²) in [6.45, 7) is 1.75. The van der Waals surface area contributed by atoms with Crippen LogP contribution in [0.4, 0.5) is 0 Å². The number of hydrogen-bond acceptors (Lipinski definition) is 8. The van der Waals surface area contributed by atoms with Gasteiger partial charge in [0.05, 0.1) is 12.0 Å². The van der Waals surface area contributed by atoms with Gasteiger partial charge in [-0.25, -0.2) is 13.2 Å². The molecule has 0 fully saturated rings. The molecular weight excluding hydrogens is 394 g/mol. The third-order valence-corrected chi connectivity index (χ3v) is 6.00. The number of benzene rings is 2. The zero-order chi connectivity index (χ0) is 20.1. The van der Waals surface area contributed by atoms with Crippen molar-refractivity contribution >= 4 is 31.0 Å². The number of aryl methyl sites for hydroxylation is 1. The Kier molecular flexibility index (Phi) is 6.34. The lowest BCUT2D eigenvalue weighted by Crippen LogP contribution is -2.27. The third kappa shape index (κ3) is 5.38. The molecule has 0 N–H and O–H groups in total. The molecule has 0 radical (unpaired) electrons. The van der Waals surface area contributed by atoms with Crippen LogP contribution in [-0.2, 0) is 39.5 Å². The average Bonchev–Trinajstić information content (AvgIpc) is 2.62. The molecule has 0 aliphatic rings. The molecule has 0 aromatic heterocycles. The van der Waals surface area contributed by atoms with Crippen LogP contribution >= 0.6 is 0 Å². The van der Waals surface area contributed by atoms with E-state index in [4.69, 9.17) is 0 Å². The minimum Gasteiger partial charge on any atom is -0.464 e. The second kappa shape index (κ2) is 8.31. The summed E-state index contributed by atoms with van der Waals surface area (Å²) in [5, 5.41) is 1.94. The van der Waals surface area contributed by atoms with Crippen molar-refractivity contribution in [2.24, 2.45) is 5.16 Å². The summed E-state index contributed by atoms with van der Waals surface area (Å²) in [6, 6.07) is 13.7. The molecule has 2 aromatic rings. The minimum atomic E-state index is -4.44. The van der Waals surface area contributed by atoms with Crippen molar-refractivity contribution in [3.63, 3.8) is 0 Å². The van der Waals surface area contributed by atoms with E-state index in [-0.39, 0.29) is 4.90 Å². The number of hydrogen-bond donors (Lipinski definition) is 0. The smallest absolute Gasteiger partial charge is 0.372 e. The largest absolute Gasteiger partial charge is 0.464 e. The van der Waals surface area contributed by atoms with Crippen LogP contribution in [0, 0.1) is 6.92 Å². The van der Waals surface area contributed by atoms with Crippen LogP contribution in [0.15, 0.2) is 64.6 Å². The first-order valence-electron chi connectivity index (χ1n) is 7.59. The van der Waals surface area contributed by atoms with Crippen molar-refractivity contribution in [2.45, 2.75) is 17.6 Å². The van der Waals surface area contributed by atoms with Gasteiger partial charge in [0.25, 0.3) is 5.04 Å². The number of oxime groups is 1. The molecule has 2 rings (SSSR count). The highest BCUT2D eigenvalue weighted by Crippen LogP contribution is 2.16. The third-order valence-electron chi connectivity index (χ3n) is 3.37. The van der Waals surface area contributed by atoms with Crippen LogP contribution in [0.1, 0.15) is 11.1 Å². The van der Waals surface area contributed by atoms with Crippen LogP contribution in [-0.4, -0.2) is 35.0 Å². The molecule has 0 saturated carbocycles. The number of sulfone groups is 1. The first-order chi connectivity index (χ1) is 12.7. The summed E-state index contributed by atoms with van der Waals surface area (Å²) in [5.74, 6) is -1.89. The maximum atomic E-state index is 12.6. The maximum Gasteiger partial charge on any atom is 0.372 e. The molecular formula is C17H17NO7S2. The SMILES string of the molecule is COC(=O)/C(=N/OS(=O)(=O)Cc1ccccc1)S(=O)(=O)c1ccc(C)cc1. The fraction of sp³-hybridized carbons (Fsp3) is 0.176. The minimum absolute atomic E-state index is 0.249. The Morgan fingerprint density at radius 2 is 1.56 bits per heavy atom. The summed E-state index contributed by atoms with van der Waals surface area (Å²) in [4.78, 5) is 11.6. The highest BCUT2D eigenvalue weighted by Gasteiger charge is 2.32. The quantitative estimate of drug-likeness (QED) is 0.319. The van der Waals surface area contributed by atoms with Crippen LogP contribution in [0.25, 0.3) is 0 Å². The molecule has 0 unspecified atom stereocenters. The number of rotatable bonds is 5. The lowest BCUT2D eigenvalue weighted by Gasteiger charge is -2.07. The number of nitrogens with zero attached hydrogens (tertiary/aromatic N) is 1. The molecule has 10 heteroatoms. The normalized spacial score (nSPS) is 12.4. The van der Waals surface area contributed by atoms with Crippen molar-refractivity contribution < 1.29 is 30.7 Å². The van der Waals surface area contributed by atoms with E-state index in [0.717, 1.165) is 12.7 Å². The molecule has 0 bridgehead atoms. The molecule has 2 aromatic carbocycles. The van der Waals surface area contributed by atoms with Crippen LogP contribution in [0.3, 0.4) is 0 Å². The second-order valence-corrected chi connectivity index (χ2v) is 8.88. The Labute approximate surface area is 157 Å². The van der Waals surface area contributed by atoms with Gasteiger partial charge >= 0.3 is 16.1 Å². The molecule has 144 valence electrons.